The molecule has 39 heavy (non-hydrogen) atoms. The van der Waals surface area contributed by atoms with Crippen molar-refractivity contribution in [3.05, 3.63) is 105 Å². The van der Waals surface area contributed by atoms with Crippen LogP contribution in [-0.2, 0) is 15.0 Å². The zero-order chi connectivity index (χ0) is 28.1. The first-order chi connectivity index (χ1) is 18.4. The number of carbonyl (C=O) groups excluding carboxylic acids is 3. The Labute approximate surface area is 234 Å². The molecule has 1 atom stereocenters. The number of aliphatic hydroxyl groups is 1. The molecule has 3 aromatic carbocycles. The van der Waals surface area contributed by atoms with Gasteiger partial charge in [0.05, 0.1) is 11.6 Å². The number of fused-ring (bicyclic) bond motifs is 1. The molecule has 0 saturated carbocycles. The molecule has 1 aliphatic heterocycles. The van der Waals surface area contributed by atoms with Crippen molar-refractivity contribution in [1.29, 1.82) is 0 Å². The van der Waals surface area contributed by atoms with Crippen LogP contribution in [0.5, 0.6) is 0 Å². The molecule has 2 N–H and O–H groups in total. The van der Waals surface area contributed by atoms with E-state index in [0.29, 0.717) is 27.9 Å². The highest BCUT2D eigenvalue weighted by Gasteiger charge is 2.45. The highest BCUT2D eigenvalue weighted by atomic mass is 79.9. The summed E-state index contributed by atoms with van der Waals surface area (Å²) in [6, 6.07) is 20.4. The van der Waals surface area contributed by atoms with E-state index in [-0.39, 0.29) is 22.7 Å². The second kappa shape index (κ2) is 9.85. The molecule has 1 unspecified atom stereocenters. The lowest BCUT2D eigenvalue weighted by molar-refractivity contribution is -0.117. The summed E-state index contributed by atoms with van der Waals surface area (Å²) in [6.45, 7) is 7.71. The van der Waals surface area contributed by atoms with Gasteiger partial charge in [-0.25, -0.2) is 0 Å². The summed E-state index contributed by atoms with van der Waals surface area (Å²) in [4.78, 5) is 40.2. The first-order valence-electron chi connectivity index (χ1n) is 12.4. The fourth-order valence-corrected chi connectivity index (χ4v) is 5.13. The normalized spacial score (nSPS) is 15.8. The summed E-state index contributed by atoms with van der Waals surface area (Å²) < 4.78 is 6.67. The fraction of sp³-hybridized carbons (Fsp3) is 0.194. The molecule has 8 heteroatoms. The van der Waals surface area contributed by atoms with Crippen LogP contribution in [0.4, 0.5) is 11.4 Å². The van der Waals surface area contributed by atoms with Gasteiger partial charge < -0.3 is 14.8 Å². The zero-order valence-electron chi connectivity index (χ0n) is 21.9. The molecule has 0 radical (unpaired) electrons. The van der Waals surface area contributed by atoms with Crippen LogP contribution in [0.25, 0.3) is 11.0 Å². The van der Waals surface area contributed by atoms with Crippen LogP contribution in [0.15, 0.2) is 93.0 Å². The summed E-state index contributed by atoms with van der Waals surface area (Å²) in [5.41, 5.74) is 3.13. The number of anilines is 2. The molecule has 2 heterocycles. The van der Waals surface area contributed by atoms with E-state index in [4.69, 9.17) is 4.42 Å². The van der Waals surface area contributed by atoms with E-state index in [0.717, 1.165) is 10.0 Å². The van der Waals surface area contributed by atoms with Crippen LogP contribution in [0, 0.1) is 0 Å². The minimum atomic E-state index is -0.898. The zero-order valence-corrected chi connectivity index (χ0v) is 23.5. The second-order valence-electron chi connectivity index (χ2n) is 10.6. The number of amides is 2. The molecular formula is C31H27BrN2O5. The number of hydrogen-bond acceptors (Lipinski definition) is 5. The maximum atomic E-state index is 13.9. The summed E-state index contributed by atoms with van der Waals surface area (Å²) >= 11 is 3.42. The van der Waals surface area contributed by atoms with Crippen LogP contribution in [0.3, 0.4) is 0 Å². The molecule has 4 aromatic rings. The van der Waals surface area contributed by atoms with Crippen molar-refractivity contribution in [3.8, 4) is 0 Å². The van der Waals surface area contributed by atoms with Gasteiger partial charge in [-0.05, 0) is 65.1 Å². The minimum Gasteiger partial charge on any atom is -0.503 e. The van der Waals surface area contributed by atoms with Crippen molar-refractivity contribution in [1.82, 2.24) is 0 Å². The predicted octanol–water partition coefficient (Wildman–Crippen LogP) is 7.23. The highest BCUT2D eigenvalue weighted by molar-refractivity contribution is 9.10. The molecule has 2 amide bonds. The Balaban J connectivity index is 1.61. The molecule has 0 spiro atoms. The number of benzene rings is 3. The lowest BCUT2D eigenvalue weighted by atomic mass is 9.85. The van der Waals surface area contributed by atoms with Crippen molar-refractivity contribution >= 4 is 55.9 Å². The van der Waals surface area contributed by atoms with Crippen molar-refractivity contribution < 1.29 is 23.9 Å². The molecule has 0 bridgehead atoms. The topological polar surface area (TPSA) is 99.9 Å². The molecule has 1 aromatic heterocycles. The average Bonchev–Trinajstić information content (AvgIpc) is 3.42. The number of ketones is 1. The average molecular weight is 587 g/mol. The van der Waals surface area contributed by atoms with Gasteiger partial charge in [-0.1, -0.05) is 61.0 Å². The maximum Gasteiger partial charge on any atom is 0.294 e. The molecular weight excluding hydrogens is 560 g/mol. The van der Waals surface area contributed by atoms with E-state index in [2.05, 4.69) is 42.0 Å². The van der Waals surface area contributed by atoms with E-state index in [1.165, 1.54) is 11.8 Å². The molecule has 0 saturated heterocycles. The summed E-state index contributed by atoms with van der Waals surface area (Å²) in [6.07, 6.45) is 0. The van der Waals surface area contributed by atoms with Gasteiger partial charge >= 0.3 is 0 Å². The highest BCUT2D eigenvalue weighted by Crippen LogP contribution is 2.43. The fourth-order valence-electron chi connectivity index (χ4n) is 4.75. The summed E-state index contributed by atoms with van der Waals surface area (Å²) in [7, 11) is 0. The lowest BCUT2D eigenvalue weighted by Crippen LogP contribution is -2.31. The van der Waals surface area contributed by atoms with Gasteiger partial charge in [-0.2, -0.15) is 0 Å². The quantitative estimate of drug-likeness (QED) is 0.240. The lowest BCUT2D eigenvalue weighted by Gasteiger charge is -2.28. The first kappa shape index (κ1) is 26.4. The summed E-state index contributed by atoms with van der Waals surface area (Å²) in [5.74, 6) is -2.10. The molecule has 0 fully saturated rings. The molecule has 5 rings (SSSR count). The van der Waals surface area contributed by atoms with Crippen LogP contribution in [0.2, 0.25) is 0 Å². The number of halogens is 1. The molecule has 0 aliphatic carbocycles. The molecule has 7 nitrogen and oxygen atoms in total. The third-order valence-corrected chi connectivity index (χ3v) is 7.21. The van der Waals surface area contributed by atoms with E-state index in [1.807, 2.05) is 36.4 Å². The monoisotopic (exact) mass is 586 g/mol. The van der Waals surface area contributed by atoms with E-state index in [1.54, 1.807) is 36.4 Å². The third kappa shape index (κ3) is 5.00. The second-order valence-corrected chi connectivity index (χ2v) is 11.5. The number of carbonyl (C=O) groups is 3. The van der Waals surface area contributed by atoms with Gasteiger partial charge in [0.25, 0.3) is 5.91 Å². The number of nitrogens with zero attached hydrogens (tertiary/aromatic N) is 1. The van der Waals surface area contributed by atoms with Gasteiger partial charge in [-0.3, -0.25) is 19.3 Å². The number of Topliss-reactive ketones (excluding diaryl/α,β-unsaturated/α-hetero) is 1. The van der Waals surface area contributed by atoms with Crippen LogP contribution < -0.4 is 10.2 Å². The maximum absolute atomic E-state index is 13.9. The van der Waals surface area contributed by atoms with Crippen molar-refractivity contribution in [2.24, 2.45) is 0 Å². The standard InChI is InChI=1S/C31H27BrN2O5/c1-17(35)33-22-10-12-23(13-11-22)34-27(18-5-7-20(8-6-18)31(2,3)4)26(29(37)30(34)38)28(36)25-16-19-15-21(32)9-14-24(19)39-25/h5-16,27,37H,1-4H3,(H,33,35). The SMILES string of the molecule is CC(=O)Nc1ccc(N2C(=O)C(O)=C(C(=O)c3cc4cc(Br)ccc4o3)C2c2ccc(C(C)(C)C)cc2)cc1. The molecule has 198 valence electrons. The largest absolute Gasteiger partial charge is 0.503 e. The van der Waals surface area contributed by atoms with Gasteiger partial charge in [0, 0.05) is 28.2 Å². The Morgan fingerprint density at radius 3 is 2.26 bits per heavy atom. The van der Waals surface area contributed by atoms with E-state index >= 15 is 0 Å². The van der Waals surface area contributed by atoms with Gasteiger partial charge in [0.15, 0.2) is 11.5 Å². The Hall–Kier alpha value is -4.17. The van der Waals surface area contributed by atoms with Gasteiger partial charge in [0.1, 0.15) is 5.58 Å². The Bertz CT molecular complexity index is 1640. The Morgan fingerprint density at radius 2 is 1.64 bits per heavy atom. The van der Waals surface area contributed by atoms with Crippen LogP contribution >= 0.6 is 15.9 Å². The first-order valence-corrected chi connectivity index (χ1v) is 13.2. The number of aliphatic hydroxyl groups excluding tert-OH is 1. The Kier molecular flexibility index (Phi) is 6.68. The van der Waals surface area contributed by atoms with Crippen molar-refractivity contribution in [3.63, 3.8) is 0 Å². The smallest absolute Gasteiger partial charge is 0.294 e. The van der Waals surface area contributed by atoms with E-state index < -0.39 is 23.5 Å². The Morgan fingerprint density at radius 1 is 0.974 bits per heavy atom. The molecule has 1 aliphatic rings. The minimum absolute atomic E-state index is 0.0246. The third-order valence-electron chi connectivity index (χ3n) is 6.71. The van der Waals surface area contributed by atoms with E-state index in [9.17, 15) is 19.5 Å². The van der Waals surface area contributed by atoms with Crippen molar-refractivity contribution in [2.75, 3.05) is 10.2 Å². The number of hydrogen-bond donors (Lipinski definition) is 2. The van der Waals surface area contributed by atoms with Crippen LogP contribution in [0.1, 0.15) is 55.4 Å². The van der Waals surface area contributed by atoms with Crippen LogP contribution in [-0.4, -0.2) is 22.7 Å². The predicted molar refractivity (Wildman–Crippen MR) is 154 cm³/mol. The van der Waals surface area contributed by atoms with Gasteiger partial charge in [0.2, 0.25) is 11.7 Å². The van der Waals surface area contributed by atoms with Crippen molar-refractivity contribution in [2.45, 2.75) is 39.2 Å². The number of furan rings is 1. The summed E-state index contributed by atoms with van der Waals surface area (Å²) in [5, 5.41) is 14.5. The number of rotatable bonds is 5. The number of nitrogens with one attached hydrogen (secondary N) is 1. The van der Waals surface area contributed by atoms with Gasteiger partial charge in [-0.15, -0.1) is 0 Å².